The van der Waals surface area contributed by atoms with Crippen molar-refractivity contribution in [2.24, 2.45) is 10.7 Å². The normalized spacial score (nSPS) is 28.5. The highest BCUT2D eigenvalue weighted by molar-refractivity contribution is 5.82. The molecule has 0 radical (unpaired) electrons. The van der Waals surface area contributed by atoms with Crippen molar-refractivity contribution < 1.29 is 4.74 Å². The Balaban J connectivity index is 2.12. The van der Waals surface area contributed by atoms with Gasteiger partial charge in [-0.15, -0.1) is 0 Å². The van der Waals surface area contributed by atoms with E-state index >= 15 is 0 Å². The maximum absolute atomic E-state index is 5.67. The van der Waals surface area contributed by atoms with Gasteiger partial charge in [-0.25, -0.2) is 0 Å². The number of nitrogens with zero attached hydrogens (tertiary/aromatic N) is 1. The molecule has 1 aliphatic carbocycles. The van der Waals surface area contributed by atoms with Crippen molar-refractivity contribution in [3.8, 4) is 0 Å². The molecule has 0 saturated heterocycles. The largest absolute Gasteiger partial charge is 0.386 e. The Hall–Kier alpha value is -0.570. The SMILES string of the molecule is NC1=NC2(CCCCC2)COC1. The van der Waals surface area contributed by atoms with Crippen LogP contribution in [0.4, 0.5) is 0 Å². The fraction of sp³-hybridized carbons (Fsp3) is 0.889. The van der Waals surface area contributed by atoms with Crippen LogP contribution in [0.2, 0.25) is 0 Å². The summed E-state index contributed by atoms with van der Waals surface area (Å²) in [4.78, 5) is 4.54. The van der Waals surface area contributed by atoms with Crippen molar-refractivity contribution in [3.05, 3.63) is 0 Å². The highest BCUT2D eigenvalue weighted by atomic mass is 16.5. The highest BCUT2D eigenvalue weighted by Gasteiger charge is 2.34. The number of ether oxygens (including phenoxy) is 1. The van der Waals surface area contributed by atoms with Crippen LogP contribution in [0.25, 0.3) is 0 Å². The van der Waals surface area contributed by atoms with Crippen LogP contribution >= 0.6 is 0 Å². The average Bonchev–Trinajstić information content (AvgIpc) is 2.05. The van der Waals surface area contributed by atoms with Gasteiger partial charge in [0.15, 0.2) is 0 Å². The number of nitrogens with two attached hydrogens (primary N) is 1. The van der Waals surface area contributed by atoms with Gasteiger partial charge in [-0.1, -0.05) is 19.3 Å². The fourth-order valence-corrected chi connectivity index (χ4v) is 2.18. The molecule has 3 heteroatoms. The van der Waals surface area contributed by atoms with Gasteiger partial charge in [-0.3, -0.25) is 4.99 Å². The lowest BCUT2D eigenvalue weighted by Gasteiger charge is -2.36. The molecule has 12 heavy (non-hydrogen) atoms. The van der Waals surface area contributed by atoms with Gasteiger partial charge in [-0.2, -0.15) is 0 Å². The van der Waals surface area contributed by atoms with E-state index < -0.39 is 0 Å². The van der Waals surface area contributed by atoms with Crippen LogP contribution in [0, 0.1) is 0 Å². The van der Waals surface area contributed by atoms with E-state index in [4.69, 9.17) is 10.5 Å². The summed E-state index contributed by atoms with van der Waals surface area (Å²) >= 11 is 0. The molecule has 1 fully saturated rings. The van der Waals surface area contributed by atoms with Gasteiger partial charge in [0.25, 0.3) is 0 Å². The molecule has 3 nitrogen and oxygen atoms in total. The monoisotopic (exact) mass is 168 g/mol. The van der Waals surface area contributed by atoms with Crippen LogP contribution in [0.5, 0.6) is 0 Å². The summed E-state index contributed by atoms with van der Waals surface area (Å²) in [5.41, 5.74) is 5.74. The second kappa shape index (κ2) is 3.05. The van der Waals surface area contributed by atoms with E-state index in [0.29, 0.717) is 12.4 Å². The fourth-order valence-electron chi connectivity index (χ4n) is 2.18. The van der Waals surface area contributed by atoms with Crippen LogP contribution in [-0.2, 0) is 4.74 Å². The zero-order chi connectivity index (χ0) is 8.44. The second-order valence-corrected chi connectivity index (χ2v) is 3.88. The third-order valence-corrected chi connectivity index (χ3v) is 2.79. The molecule has 0 aromatic heterocycles. The summed E-state index contributed by atoms with van der Waals surface area (Å²) in [7, 11) is 0. The summed E-state index contributed by atoms with van der Waals surface area (Å²) < 4.78 is 5.42. The summed E-state index contributed by atoms with van der Waals surface area (Å²) in [6, 6.07) is 0. The second-order valence-electron chi connectivity index (χ2n) is 3.88. The topological polar surface area (TPSA) is 47.6 Å². The number of hydrogen-bond acceptors (Lipinski definition) is 3. The minimum atomic E-state index is 0.0700. The Morgan fingerprint density at radius 3 is 2.67 bits per heavy atom. The average molecular weight is 168 g/mol. The van der Waals surface area contributed by atoms with E-state index in [1.807, 2.05) is 0 Å². The van der Waals surface area contributed by atoms with Crippen molar-refractivity contribution in [1.29, 1.82) is 0 Å². The van der Waals surface area contributed by atoms with Gasteiger partial charge in [0.1, 0.15) is 12.4 Å². The van der Waals surface area contributed by atoms with E-state index in [1.54, 1.807) is 0 Å². The molecule has 0 amide bonds. The first-order valence-corrected chi connectivity index (χ1v) is 4.73. The molecule has 0 aromatic carbocycles. The zero-order valence-corrected chi connectivity index (χ0v) is 7.38. The lowest BCUT2D eigenvalue weighted by Crippen LogP contribution is -2.42. The van der Waals surface area contributed by atoms with Gasteiger partial charge in [-0.05, 0) is 12.8 Å². The molecule has 68 valence electrons. The van der Waals surface area contributed by atoms with Crippen molar-refractivity contribution in [3.63, 3.8) is 0 Å². The van der Waals surface area contributed by atoms with Crippen molar-refractivity contribution in [2.45, 2.75) is 37.6 Å². The highest BCUT2D eigenvalue weighted by Crippen LogP contribution is 2.33. The van der Waals surface area contributed by atoms with E-state index in [9.17, 15) is 0 Å². The van der Waals surface area contributed by atoms with Crippen LogP contribution in [0.3, 0.4) is 0 Å². The van der Waals surface area contributed by atoms with Crippen LogP contribution in [-0.4, -0.2) is 24.6 Å². The Morgan fingerprint density at radius 1 is 1.25 bits per heavy atom. The summed E-state index contributed by atoms with van der Waals surface area (Å²) in [6.45, 7) is 1.31. The van der Waals surface area contributed by atoms with Gasteiger partial charge in [0.05, 0.1) is 12.1 Å². The lowest BCUT2D eigenvalue weighted by molar-refractivity contribution is 0.0779. The predicted octanol–water partition coefficient (Wildman–Crippen LogP) is 1.08. The summed E-state index contributed by atoms with van der Waals surface area (Å²) in [5, 5.41) is 0. The van der Waals surface area contributed by atoms with E-state index in [2.05, 4.69) is 4.99 Å². The van der Waals surface area contributed by atoms with Crippen molar-refractivity contribution >= 4 is 5.84 Å². The predicted molar refractivity (Wildman–Crippen MR) is 48.3 cm³/mol. The Kier molecular flexibility index (Phi) is 2.05. The summed E-state index contributed by atoms with van der Waals surface area (Å²) in [6.07, 6.45) is 6.22. The minimum Gasteiger partial charge on any atom is -0.386 e. The van der Waals surface area contributed by atoms with Crippen LogP contribution < -0.4 is 5.73 Å². The van der Waals surface area contributed by atoms with Crippen molar-refractivity contribution in [1.82, 2.24) is 0 Å². The van der Waals surface area contributed by atoms with E-state index in [-0.39, 0.29) is 5.54 Å². The number of aliphatic imine (C=N–C) groups is 1. The molecule has 0 unspecified atom stereocenters. The molecular formula is C9H16N2O. The third kappa shape index (κ3) is 1.46. The number of rotatable bonds is 0. The third-order valence-electron chi connectivity index (χ3n) is 2.79. The lowest BCUT2D eigenvalue weighted by atomic mass is 9.82. The maximum Gasteiger partial charge on any atom is 0.121 e. The first-order chi connectivity index (χ1) is 5.81. The Morgan fingerprint density at radius 2 is 2.00 bits per heavy atom. The molecule has 0 atom stereocenters. The molecule has 0 aromatic rings. The molecule has 2 rings (SSSR count). The molecular weight excluding hydrogens is 152 g/mol. The standard InChI is InChI=1S/C9H16N2O/c10-8-6-12-7-9(11-8)4-2-1-3-5-9/h1-7H2,(H2,10,11). The van der Waals surface area contributed by atoms with E-state index in [1.165, 1.54) is 19.3 Å². The van der Waals surface area contributed by atoms with Crippen LogP contribution in [0.15, 0.2) is 4.99 Å². The van der Waals surface area contributed by atoms with Gasteiger partial charge >= 0.3 is 0 Å². The number of hydrogen-bond donors (Lipinski definition) is 1. The summed E-state index contributed by atoms with van der Waals surface area (Å²) in [5.74, 6) is 0.683. The molecule has 2 aliphatic rings. The smallest absolute Gasteiger partial charge is 0.121 e. The van der Waals surface area contributed by atoms with Crippen LogP contribution in [0.1, 0.15) is 32.1 Å². The minimum absolute atomic E-state index is 0.0700. The Bertz CT molecular complexity index is 195. The first-order valence-electron chi connectivity index (χ1n) is 4.73. The van der Waals surface area contributed by atoms with Gasteiger partial charge in [0.2, 0.25) is 0 Å². The Labute approximate surface area is 73.0 Å². The molecule has 0 bridgehead atoms. The quantitative estimate of drug-likeness (QED) is 0.588. The molecule has 1 spiro atoms. The van der Waals surface area contributed by atoms with Gasteiger partial charge < -0.3 is 10.5 Å². The first kappa shape index (κ1) is 8.05. The number of amidine groups is 1. The van der Waals surface area contributed by atoms with Crippen molar-refractivity contribution in [2.75, 3.05) is 13.2 Å². The molecule has 1 saturated carbocycles. The molecule has 1 heterocycles. The van der Waals surface area contributed by atoms with Gasteiger partial charge in [0, 0.05) is 0 Å². The maximum atomic E-state index is 5.67. The zero-order valence-electron chi connectivity index (χ0n) is 7.38. The molecule has 2 N–H and O–H groups in total. The van der Waals surface area contributed by atoms with E-state index in [0.717, 1.165) is 19.4 Å². The molecule has 1 aliphatic heterocycles.